The Bertz CT molecular complexity index is 76.2. The summed E-state index contributed by atoms with van der Waals surface area (Å²) in [6.45, 7) is 0. The third-order valence-electron chi connectivity index (χ3n) is 2.06. The number of rotatable bonds is 10. The third-order valence-corrected chi connectivity index (χ3v) is 4.18. The van der Waals surface area contributed by atoms with Gasteiger partial charge in [-0.3, -0.25) is 0 Å². The molecule has 0 spiro atoms. The molecule has 0 bridgehead atoms. The number of hydrogen-bond donors (Lipinski definition) is 0. The van der Waals surface area contributed by atoms with Crippen molar-refractivity contribution in [2.75, 3.05) is 0 Å². The van der Waals surface area contributed by atoms with Crippen LogP contribution < -0.4 is 0 Å². The first-order valence-electron chi connectivity index (χ1n) is 5.41. The minimum atomic E-state index is 1.17. The summed E-state index contributed by atoms with van der Waals surface area (Å²) in [5.74, 6) is 0. The second kappa shape index (κ2) is 12.7. The van der Waals surface area contributed by atoms with Crippen molar-refractivity contribution in [3.63, 3.8) is 0 Å². The average Bonchev–Trinajstić information content (AvgIpc) is 2.16. The minimum absolute atomic E-state index is 1.17. The van der Waals surface area contributed by atoms with E-state index in [0.717, 1.165) is 0 Å². The molecule has 0 aliphatic heterocycles. The van der Waals surface area contributed by atoms with Crippen molar-refractivity contribution in [3.05, 3.63) is 0 Å². The quantitative estimate of drug-likeness (QED) is 0.395. The predicted octanol–water partition coefficient (Wildman–Crippen LogP) is 3.04. The lowest BCUT2D eigenvalue weighted by molar-refractivity contribution is 0.751. The fourth-order valence-corrected chi connectivity index (χ4v) is 2.98. The van der Waals surface area contributed by atoms with E-state index in [4.69, 9.17) is 0 Å². The molecule has 13 heavy (non-hydrogen) atoms. The van der Waals surface area contributed by atoms with E-state index in [1.165, 1.54) is 72.2 Å². The van der Waals surface area contributed by atoms with Crippen LogP contribution in [0.15, 0.2) is 0 Å². The SMILES string of the molecule is [Si]CCCCC[Si]CCCCC[Si]. The lowest BCUT2D eigenvalue weighted by atomic mass is 10.3. The molecule has 0 rings (SSSR count). The van der Waals surface area contributed by atoms with E-state index < -0.39 is 0 Å². The summed E-state index contributed by atoms with van der Waals surface area (Å²) < 4.78 is 0. The summed E-state index contributed by atoms with van der Waals surface area (Å²) in [5, 5.41) is 0. The highest BCUT2D eigenvalue weighted by Gasteiger charge is 1.92. The van der Waals surface area contributed by atoms with Gasteiger partial charge in [-0.1, -0.05) is 62.7 Å². The zero-order valence-electron chi connectivity index (χ0n) is 8.57. The molecule has 3 heteroatoms. The molecule has 0 nitrogen and oxygen atoms in total. The maximum absolute atomic E-state index is 3.50. The Morgan fingerprint density at radius 1 is 0.615 bits per heavy atom. The molecule has 0 saturated carbocycles. The molecule has 0 aliphatic carbocycles. The Hall–Kier alpha value is 0.651. The van der Waals surface area contributed by atoms with Gasteiger partial charge in [-0.25, -0.2) is 0 Å². The van der Waals surface area contributed by atoms with Crippen LogP contribution >= 0.6 is 0 Å². The normalized spacial score (nSPS) is 10.6. The van der Waals surface area contributed by atoms with Crippen LogP contribution in [0.1, 0.15) is 38.5 Å². The molecule has 0 aromatic rings. The van der Waals surface area contributed by atoms with Gasteiger partial charge in [-0.05, 0) is 0 Å². The highest BCUT2D eigenvalue weighted by molar-refractivity contribution is 6.35. The molecule has 0 amide bonds. The zero-order valence-corrected chi connectivity index (χ0v) is 11.6. The van der Waals surface area contributed by atoms with E-state index in [9.17, 15) is 0 Å². The Morgan fingerprint density at radius 2 is 1.08 bits per heavy atom. The molecular formula is C10H20Si3. The van der Waals surface area contributed by atoms with Crippen molar-refractivity contribution in [1.29, 1.82) is 0 Å². The fourth-order valence-electron chi connectivity index (χ4n) is 1.23. The van der Waals surface area contributed by atoms with Crippen LogP contribution in [0.4, 0.5) is 0 Å². The molecular weight excluding hydrogens is 204 g/mol. The van der Waals surface area contributed by atoms with E-state index in [2.05, 4.69) is 20.5 Å². The summed E-state index contributed by atoms with van der Waals surface area (Å²) in [5.41, 5.74) is 0. The van der Waals surface area contributed by atoms with E-state index >= 15 is 0 Å². The van der Waals surface area contributed by atoms with E-state index in [-0.39, 0.29) is 0 Å². The molecule has 0 heterocycles. The first kappa shape index (κ1) is 13.7. The third kappa shape index (κ3) is 12.7. The Labute approximate surface area is 92.9 Å². The largest absolute Gasteiger partial charge is 0.0638 e. The highest BCUT2D eigenvalue weighted by Crippen LogP contribution is 2.06. The summed E-state index contributed by atoms with van der Waals surface area (Å²) >= 11 is 0. The van der Waals surface area contributed by atoms with Gasteiger partial charge in [0.2, 0.25) is 0 Å². The van der Waals surface area contributed by atoms with Crippen LogP contribution in [0.2, 0.25) is 24.2 Å². The van der Waals surface area contributed by atoms with E-state index in [1.54, 1.807) is 0 Å². The minimum Gasteiger partial charge on any atom is -0.0638 e. The van der Waals surface area contributed by atoms with E-state index in [1.807, 2.05) is 0 Å². The molecule has 0 fully saturated rings. The Kier molecular flexibility index (Phi) is 13.3. The molecule has 0 aliphatic rings. The van der Waals surface area contributed by atoms with E-state index in [0.29, 0.717) is 0 Å². The fraction of sp³-hybridized carbons (Fsp3) is 1.00. The van der Waals surface area contributed by atoms with Crippen LogP contribution in [-0.4, -0.2) is 30.0 Å². The predicted molar refractivity (Wildman–Crippen MR) is 64.2 cm³/mol. The van der Waals surface area contributed by atoms with Gasteiger partial charge in [0.05, 0.1) is 0 Å². The Morgan fingerprint density at radius 3 is 1.46 bits per heavy atom. The van der Waals surface area contributed by atoms with Crippen LogP contribution in [-0.2, 0) is 0 Å². The summed E-state index contributed by atoms with van der Waals surface area (Å²) in [6, 6.07) is 5.29. The standard InChI is InChI=1S/C10H20Si3/c11-7-3-1-5-9-13-10-6-2-4-8-12/h1-10H2. The van der Waals surface area contributed by atoms with Crippen molar-refractivity contribution in [1.82, 2.24) is 0 Å². The zero-order chi connectivity index (χ0) is 9.78. The van der Waals surface area contributed by atoms with Crippen LogP contribution in [0, 0.1) is 0 Å². The smallest absolute Gasteiger partial charge is 0.0378 e. The molecule has 0 N–H and O–H groups in total. The molecule has 0 aromatic carbocycles. The second-order valence-corrected chi connectivity index (χ2v) is 5.87. The van der Waals surface area contributed by atoms with Gasteiger partial charge < -0.3 is 0 Å². The molecule has 8 radical (unpaired) electrons. The maximum Gasteiger partial charge on any atom is 0.0378 e. The van der Waals surface area contributed by atoms with Crippen LogP contribution in [0.3, 0.4) is 0 Å². The summed E-state index contributed by atoms with van der Waals surface area (Å²) in [6.07, 6.45) is 8.42. The van der Waals surface area contributed by atoms with Crippen molar-refractivity contribution in [2.24, 2.45) is 0 Å². The van der Waals surface area contributed by atoms with Gasteiger partial charge in [0.1, 0.15) is 0 Å². The number of unbranched alkanes of at least 4 members (excludes halogenated alkanes) is 4. The van der Waals surface area contributed by atoms with Gasteiger partial charge >= 0.3 is 0 Å². The van der Waals surface area contributed by atoms with Gasteiger partial charge in [-0.2, -0.15) is 0 Å². The summed E-state index contributed by atoms with van der Waals surface area (Å²) in [4.78, 5) is 0. The van der Waals surface area contributed by atoms with Crippen molar-refractivity contribution in [3.8, 4) is 0 Å². The topological polar surface area (TPSA) is 0 Å². The van der Waals surface area contributed by atoms with Gasteiger partial charge in [-0.15, -0.1) is 0 Å². The van der Waals surface area contributed by atoms with Crippen LogP contribution in [0.25, 0.3) is 0 Å². The van der Waals surface area contributed by atoms with Crippen molar-refractivity contribution in [2.45, 2.75) is 62.7 Å². The second-order valence-electron chi connectivity index (χ2n) is 3.37. The van der Waals surface area contributed by atoms with Crippen LogP contribution in [0.5, 0.6) is 0 Å². The molecule has 0 atom stereocenters. The monoisotopic (exact) mass is 224 g/mol. The number of hydrogen-bond acceptors (Lipinski definition) is 0. The lowest BCUT2D eigenvalue weighted by Crippen LogP contribution is -1.89. The van der Waals surface area contributed by atoms with Gasteiger partial charge in [0.15, 0.2) is 0 Å². The summed E-state index contributed by atoms with van der Waals surface area (Å²) in [7, 11) is 8.23. The van der Waals surface area contributed by atoms with Gasteiger partial charge in [0.25, 0.3) is 0 Å². The highest BCUT2D eigenvalue weighted by atomic mass is 28.2. The first-order valence-corrected chi connectivity index (χ1v) is 8.24. The molecule has 0 unspecified atom stereocenters. The van der Waals surface area contributed by atoms with Gasteiger partial charge in [0, 0.05) is 30.0 Å². The average molecular weight is 225 g/mol. The lowest BCUT2D eigenvalue weighted by Gasteiger charge is -1.99. The van der Waals surface area contributed by atoms with Crippen molar-refractivity contribution >= 4 is 30.0 Å². The molecule has 72 valence electrons. The first-order chi connectivity index (χ1) is 6.41. The Balaban J connectivity index is 2.76. The molecule has 0 saturated heterocycles. The molecule has 0 aromatic heterocycles. The van der Waals surface area contributed by atoms with Crippen molar-refractivity contribution < 1.29 is 0 Å². The maximum atomic E-state index is 3.50.